The standard InChI is InChI=1S/C14H16BrNS/c1-3-11-4-6-12(7-5-11)16-10(2)13-8-9-14(15)17-13/h4-10,16H,3H2,1-2H3. The molecule has 1 unspecified atom stereocenters. The van der Waals surface area contributed by atoms with E-state index in [1.54, 1.807) is 11.3 Å². The van der Waals surface area contributed by atoms with Crippen LogP contribution in [-0.2, 0) is 6.42 Å². The number of thiophene rings is 1. The largest absolute Gasteiger partial charge is 0.378 e. The molecule has 3 heteroatoms. The molecule has 1 aromatic heterocycles. The fraction of sp³-hybridized carbons (Fsp3) is 0.286. The molecular formula is C14H16BrNS. The summed E-state index contributed by atoms with van der Waals surface area (Å²) in [5, 5.41) is 3.51. The number of nitrogens with one attached hydrogen (secondary N) is 1. The van der Waals surface area contributed by atoms with E-state index in [0.29, 0.717) is 6.04 Å². The number of hydrogen-bond acceptors (Lipinski definition) is 2. The highest BCUT2D eigenvalue weighted by Gasteiger charge is 2.07. The van der Waals surface area contributed by atoms with Crippen LogP contribution in [0.15, 0.2) is 40.2 Å². The first kappa shape index (κ1) is 12.7. The Morgan fingerprint density at radius 1 is 1.18 bits per heavy atom. The highest BCUT2D eigenvalue weighted by Crippen LogP contribution is 2.29. The molecule has 0 spiro atoms. The number of hydrogen-bond donors (Lipinski definition) is 1. The minimum absolute atomic E-state index is 0.346. The molecule has 0 aliphatic carbocycles. The molecule has 1 heterocycles. The van der Waals surface area contributed by atoms with Crippen LogP contribution < -0.4 is 5.32 Å². The van der Waals surface area contributed by atoms with E-state index in [4.69, 9.17) is 0 Å². The van der Waals surface area contributed by atoms with Crippen LogP contribution in [0.5, 0.6) is 0 Å². The van der Waals surface area contributed by atoms with Gasteiger partial charge < -0.3 is 5.32 Å². The summed E-state index contributed by atoms with van der Waals surface area (Å²) in [6.45, 7) is 4.36. The summed E-state index contributed by atoms with van der Waals surface area (Å²) in [5.41, 5.74) is 2.56. The van der Waals surface area contributed by atoms with Crippen LogP contribution in [0.4, 0.5) is 5.69 Å². The second kappa shape index (κ2) is 5.69. The van der Waals surface area contributed by atoms with Gasteiger partial charge in [0.05, 0.1) is 9.83 Å². The topological polar surface area (TPSA) is 12.0 Å². The van der Waals surface area contributed by atoms with Crippen molar-refractivity contribution < 1.29 is 0 Å². The van der Waals surface area contributed by atoms with Crippen LogP contribution in [-0.4, -0.2) is 0 Å². The fourth-order valence-corrected chi connectivity index (χ4v) is 3.14. The number of anilines is 1. The lowest BCUT2D eigenvalue weighted by Gasteiger charge is -2.13. The van der Waals surface area contributed by atoms with Gasteiger partial charge in [0, 0.05) is 10.6 Å². The third-order valence-corrected chi connectivity index (χ3v) is 4.57. The van der Waals surface area contributed by atoms with Crippen molar-refractivity contribution in [3.8, 4) is 0 Å². The van der Waals surface area contributed by atoms with Crippen molar-refractivity contribution in [3.05, 3.63) is 50.6 Å². The van der Waals surface area contributed by atoms with Gasteiger partial charge in [-0.05, 0) is 59.1 Å². The quantitative estimate of drug-likeness (QED) is 0.813. The monoisotopic (exact) mass is 309 g/mol. The van der Waals surface area contributed by atoms with Crippen molar-refractivity contribution in [3.63, 3.8) is 0 Å². The molecule has 0 saturated carbocycles. The molecule has 1 N–H and O–H groups in total. The Bertz CT molecular complexity index is 475. The summed E-state index contributed by atoms with van der Waals surface area (Å²) in [6.07, 6.45) is 1.09. The van der Waals surface area contributed by atoms with Gasteiger partial charge in [0.2, 0.25) is 0 Å². The zero-order chi connectivity index (χ0) is 12.3. The molecule has 1 aromatic carbocycles. The molecule has 1 nitrogen and oxygen atoms in total. The molecule has 2 aromatic rings. The third kappa shape index (κ3) is 3.33. The average molecular weight is 310 g/mol. The van der Waals surface area contributed by atoms with E-state index in [0.717, 1.165) is 6.42 Å². The molecule has 17 heavy (non-hydrogen) atoms. The average Bonchev–Trinajstić information content (AvgIpc) is 2.77. The summed E-state index contributed by atoms with van der Waals surface area (Å²) in [7, 11) is 0. The van der Waals surface area contributed by atoms with Crippen LogP contribution in [0.25, 0.3) is 0 Å². The molecule has 0 saturated heterocycles. The Morgan fingerprint density at radius 3 is 2.41 bits per heavy atom. The second-order valence-electron chi connectivity index (χ2n) is 4.06. The molecule has 0 radical (unpaired) electrons. The van der Waals surface area contributed by atoms with Gasteiger partial charge in [-0.1, -0.05) is 19.1 Å². The highest BCUT2D eigenvalue weighted by molar-refractivity contribution is 9.11. The molecule has 0 aliphatic rings. The lowest BCUT2D eigenvalue weighted by molar-refractivity contribution is 0.908. The van der Waals surface area contributed by atoms with Gasteiger partial charge in [-0.3, -0.25) is 0 Å². The minimum atomic E-state index is 0.346. The second-order valence-corrected chi connectivity index (χ2v) is 6.55. The van der Waals surface area contributed by atoms with Gasteiger partial charge in [0.1, 0.15) is 0 Å². The van der Waals surface area contributed by atoms with Crippen molar-refractivity contribution in [2.45, 2.75) is 26.3 Å². The first-order valence-electron chi connectivity index (χ1n) is 5.79. The Labute approximate surface area is 115 Å². The van der Waals surface area contributed by atoms with Crippen molar-refractivity contribution >= 4 is 33.0 Å². The molecule has 0 amide bonds. The van der Waals surface area contributed by atoms with Gasteiger partial charge in [-0.25, -0.2) is 0 Å². The van der Waals surface area contributed by atoms with E-state index >= 15 is 0 Å². The lowest BCUT2D eigenvalue weighted by atomic mass is 10.1. The molecule has 0 fully saturated rings. The summed E-state index contributed by atoms with van der Waals surface area (Å²) in [6, 6.07) is 13.3. The minimum Gasteiger partial charge on any atom is -0.378 e. The molecule has 2 rings (SSSR count). The summed E-state index contributed by atoms with van der Waals surface area (Å²) < 4.78 is 1.18. The molecular weight excluding hydrogens is 294 g/mol. The Kier molecular flexibility index (Phi) is 4.24. The Morgan fingerprint density at radius 2 is 1.88 bits per heavy atom. The van der Waals surface area contributed by atoms with Crippen molar-refractivity contribution in [2.24, 2.45) is 0 Å². The molecule has 0 aliphatic heterocycles. The normalized spacial score (nSPS) is 12.4. The lowest BCUT2D eigenvalue weighted by Crippen LogP contribution is -2.04. The summed E-state index contributed by atoms with van der Waals surface area (Å²) in [5.74, 6) is 0. The van der Waals surface area contributed by atoms with Crippen molar-refractivity contribution in [1.82, 2.24) is 0 Å². The van der Waals surface area contributed by atoms with Gasteiger partial charge in [0.25, 0.3) is 0 Å². The number of aryl methyl sites for hydroxylation is 1. The maximum absolute atomic E-state index is 3.51. The van der Waals surface area contributed by atoms with E-state index in [9.17, 15) is 0 Å². The first-order chi connectivity index (χ1) is 8.19. The smallest absolute Gasteiger partial charge is 0.0702 e. The van der Waals surface area contributed by atoms with E-state index in [1.165, 1.54) is 19.9 Å². The van der Waals surface area contributed by atoms with Gasteiger partial charge >= 0.3 is 0 Å². The van der Waals surface area contributed by atoms with E-state index in [1.807, 2.05) is 0 Å². The summed E-state index contributed by atoms with van der Waals surface area (Å²) >= 11 is 5.27. The Hall–Kier alpha value is -0.800. The number of rotatable bonds is 4. The maximum atomic E-state index is 3.51. The van der Waals surface area contributed by atoms with Crippen LogP contribution in [0.2, 0.25) is 0 Å². The maximum Gasteiger partial charge on any atom is 0.0702 e. The van der Waals surface area contributed by atoms with Gasteiger partial charge in [-0.15, -0.1) is 11.3 Å². The van der Waals surface area contributed by atoms with Crippen LogP contribution >= 0.6 is 27.3 Å². The predicted molar refractivity (Wildman–Crippen MR) is 79.9 cm³/mol. The van der Waals surface area contributed by atoms with Crippen molar-refractivity contribution in [2.75, 3.05) is 5.32 Å². The predicted octanol–water partition coefficient (Wildman–Crippen LogP) is 5.25. The third-order valence-electron chi connectivity index (χ3n) is 2.77. The van der Waals surface area contributed by atoms with Crippen molar-refractivity contribution in [1.29, 1.82) is 0 Å². The molecule has 0 bridgehead atoms. The van der Waals surface area contributed by atoms with Gasteiger partial charge in [-0.2, -0.15) is 0 Å². The molecule has 1 atom stereocenters. The molecule has 90 valence electrons. The van der Waals surface area contributed by atoms with Gasteiger partial charge in [0.15, 0.2) is 0 Å². The van der Waals surface area contributed by atoms with Crippen LogP contribution in [0.1, 0.15) is 30.3 Å². The highest BCUT2D eigenvalue weighted by atomic mass is 79.9. The number of halogens is 1. The first-order valence-corrected chi connectivity index (χ1v) is 7.40. The van der Waals surface area contributed by atoms with E-state index < -0.39 is 0 Å². The summed E-state index contributed by atoms with van der Waals surface area (Å²) in [4.78, 5) is 1.34. The van der Waals surface area contributed by atoms with E-state index in [2.05, 4.69) is 71.5 Å². The van der Waals surface area contributed by atoms with Crippen LogP contribution in [0, 0.1) is 0 Å². The zero-order valence-electron chi connectivity index (χ0n) is 10.0. The zero-order valence-corrected chi connectivity index (χ0v) is 12.4. The van der Waals surface area contributed by atoms with Crippen LogP contribution in [0.3, 0.4) is 0 Å². The Balaban J connectivity index is 2.04. The number of benzene rings is 1. The SMILES string of the molecule is CCc1ccc(NC(C)c2ccc(Br)s2)cc1. The van der Waals surface area contributed by atoms with E-state index in [-0.39, 0.29) is 0 Å². The fourth-order valence-electron chi connectivity index (χ4n) is 1.72.